The van der Waals surface area contributed by atoms with Crippen molar-refractivity contribution in [2.75, 3.05) is 19.0 Å². The summed E-state index contributed by atoms with van der Waals surface area (Å²) < 4.78 is 18.4. The molecule has 4 rings (SSSR count). The Morgan fingerprint density at radius 3 is 2.30 bits per heavy atom. The molecule has 3 aromatic rings. The molecule has 1 aliphatic heterocycles. The number of halogens is 2. The molecule has 2 amide bonds. The highest BCUT2D eigenvalue weighted by Crippen LogP contribution is 2.32. The molecule has 0 radical (unpaired) electrons. The van der Waals surface area contributed by atoms with Gasteiger partial charge in [-0.05, 0) is 66.4 Å². The van der Waals surface area contributed by atoms with Crippen LogP contribution < -0.4 is 10.1 Å². The van der Waals surface area contributed by atoms with E-state index in [-0.39, 0.29) is 23.6 Å². The molecule has 0 aliphatic carbocycles. The smallest absolute Gasteiger partial charge is 0.278 e. The maximum absolute atomic E-state index is 13.4. The number of methoxy groups -OCH3 is 1. The van der Waals surface area contributed by atoms with E-state index in [1.165, 1.54) is 17.0 Å². The predicted octanol–water partition coefficient (Wildman–Crippen LogP) is 5.23. The van der Waals surface area contributed by atoms with E-state index in [1.54, 1.807) is 55.6 Å². The van der Waals surface area contributed by atoms with Gasteiger partial charge in [0.2, 0.25) is 0 Å². The Morgan fingerprint density at radius 1 is 0.970 bits per heavy atom. The summed E-state index contributed by atoms with van der Waals surface area (Å²) in [5, 5.41) is 3.66. The van der Waals surface area contributed by atoms with Gasteiger partial charge < -0.3 is 10.1 Å². The van der Waals surface area contributed by atoms with Crippen LogP contribution in [0.2, 0.25) is 5.02 Å². The van der Waals surface area contributed by atoms with Gasteiger partial charge in [-0.25, -0.2) is 4.39 Å². The molecule has 0 saturated carbocycles. The van der Waals surface area contributed by atoms with Gasteiger partial charge in [0.1, 0.15) is 17.3 Å². The first-order chi connectivity index (χ1) is 15.9. The third-order valence-electron chi connectivity index (χ3n) is 5.53. The number of rotatable bonds is 7. The number of imide groups is 1. The number of amides is 2. The summed E-state index contributed by atoms with van der Waals surface area (Å²) in [5.41, 5.74) is 3.39. The molecule has 1 heterocycles. The summed E-state index contributed by atoms with van der Waals surface area (Å²) in [4.78, 5) is 27.9. The van der Waals surface area contributed by atoms with Crippen molar-refractivity contribution in [2.45, 2.75) is 13.3 Å². The zero-order chi connectivity index (χ0) is 23.5. The summed E-state index contributed by atoms with van der Waals surface area (Å²) in [5.74, 6) is -0.513. The third-order valence-corrected chi connectivity index (χ3v) is 5.93. The molecule has 0 unspecified atom stereocenters. The van der Waals surface area contributed by atoms with E-state index in [2.05, 4.69) is 5.32 Å². The number of hydrogen-bond acceptors (Lipinski definition) is 4. The molecule has 168 valence electrons. The number of aryl methyl sites for hydroxylation is 1. The van der Waals surface area contributed by atoms with Gasteiger partial charge in [-0.1, -0.05) is 41.9 Å². The second kappa shape index (κ2) is 9.46. The van der Waals surface area contributed by atoms with Gasteiger partial charge in [-0.2, -0.15) is 0 Å². The Balaban J connectivity index is 1.66. The number of ether oxygens (including phenoxy) is 1. The van der Waals surface area contributed by atoms with Crippen molar-refractivity contribution in [3.63, 3.8) is 0 Å². The maximum atomic E-state index is 13.4. The van der Waals surface area contributed by atoms with Crippen LogP contribution in [0.3, 0.4) is 0 Å². The third kappa shape index (κ3) is 4.76. The number of hydrogen-bond donors (Lipinski definition) is 1. The molecular formula is C26H22ClFN2O3. The normalized spacial score (nSPS) is 13.6. The molecule has 0 spiro atoms. The summed E-state index contributed by atoms with van der Waals surface area (Å²) in [7, 11) is 1.56. The molecule has 5 nitrogen and oxygen atoms in total. The van der Waals surface area contributed by atoms with Crippen LogP contribution in [0.25, 0.3) is 5.57 Å². The Labute approximate surface area is 196 Å². The molecule has 7 heteroatoms. The lowest BCUT2D eigenvalue weighted by molar-refractivity contribution is -0.136. The number of carbonyl (C=O) groups is 2. The molecule has 0 fully saturated rings. The average Bonchev–Trinajstić information content (AvgIpc) is 3.05. The number of benzene rings is 3. The van der Waals surface area contributed by atoms with Gasteiger partial charge in [-0.3, -0.25) is 14.5 Å². The number of carbonyl (C=O) groups excluding carboxylic acids is 2. The summed E-state index contributed by atoms with van der Waals surface area (Å²) in [6, 6.07) is 18.3. The highest BCUT2D eigenvalue weighted by Gasteiger charge is 2.39. The van der Waals surface area contributed by atoms with Gasteiger partial charge in [-0.15, -0.1) is 0 Å². The van der Waals surface area contributed by atoms with Crippen LogP contribution in [0.15, 0.2) is 72.4 Å². The van der Waals surface area contributed by atoms with E-state index in [0.717, 1.165) is 11.1 Å². The molecular weight excluding hydrogens is 443 g/mol. The Kier molecular flexibility index (Phi) is 6.47. The highest BCUT2D eigenvalue weighted by atomic mass is 35.5. The van der Waals surface area contributed by atoms with Gasteiger partial charge in [0.05, 0.1) is 12.7 Å². The lowest BCUT2D eigenvalue weighted by Gasteiger charge is -2.15. The van der Waals surface area contributed by atoms with Gasteiger partial charge >= 0.3 is 0 Å². The fourth-order valence-electron chi connectivity index (χ4n) is 3.63. The average molecular weight is 465 g/mol. The van der Waals surface area contributed by atoms with E-state index in [9.17, 15) is 14.0 Å². The number of nitrogens with one attached hydrogen (secondary N) is 1. The molecule has 0 aromatic heterocycles. The minimum atomic E-state index is -0.426. The summed E-state index contributed by atoms with van der Waals surface area (Å²) in [6.07, 6.45) is 0.414. The van der Waals surface area contributed by atoms with Crippen molar-refractivity contribution in [1.29, 1.82) is 0 Å². The van der Waals surface area contributed by atoms with Crippen molar-refractivity contribution in [3.05, 3.63) is 100.0 Å². The van der Waals surface area contributed by atoms with Gasteiger partial charge in [0, 0.05) is 17.3 Å². The first-order valence-electron chi connectivity index (χ1n) is 10.4. The summed E-state index contributed by atoms with van der Waals surface area (Å²) >= 11 is 6.25. The fraction of sp³-hybridized carbons (Fsp3) is 0.154. The molecule has 1 N–H and O–H groups in total. The highest BCUT2D eigenvalue weighted by molar-refractivity contribution is 6.36. The van der Waals surface area contributed by atoms with Crippen LogP contribution in [-0.4, -0.2) is 30.4 Å². The van der Waals surface area contributed by atoms with E-state index in [4.69, 9.17) is 16.3 Å². The van der Waals surface area contributed by atoms with E-state index < -0.39 is 11.8 Å². The lowest BCUT2D eigenvalue weighted by atomic mass is 10.0. The molecule has 1 aliphatic rings. The molecule has 0 saturated heterocycles. The van der Waals surface area contributed by atoms with Crippen molar-refractivity contribution in [2.24, 2.45) is 0 Å². The molecule has 0 atom stereocenters. The SMILES string of the molecule is COc1ccc(C2=C(Nc3ccc(C)c(Cl)c3)C(=O)N(CCc3ccc(F)cc3)C2=O)cc1. The number of nitrogens with zero attached hydrogens (tertiary/aromatic N) is 1. The molecule has 3 aromatic carbocycles. The minimum absolute atomic E-state index is 0.169. The zero-order valence-corrected chi connectivity index (χ0v) is 18.9. The fourth-order valence-corrected chi connectivity index (χ4v) is 3.81. The standard InChI is InChI=1S/C26H22ClFN2O3/c1-16-3-10-20(15-22(16)27)29-24-23(18-6-11-21(33-2)12-7-18)25(31)30(26(24)32)14-13-17-4-8-19(28)9-5-17/h3-12,15,29H,13-14H2,1-2H3. The Hall–Kier alpha value is -3.64. The van der Waals surface area contributed by atoms with E-state index in [0.29, 0.717) is 28.4 Å². The Bertz CT molecular complexity index is 1240. The van der Waals surface area contributed by atoms with Crippen molar-refractivity contribution < 1.29 is 18.7 Å². The number of anilines is 1. The van der Waals surface area contributed by atoms with Crippen LogP contribution in [0.4, 0.5) is 10.1 Å². The van der Waals surface area contributed by atoms with Crippen LogP contribution >= 0.6 is 11.6 Å². The maximum Gasteiger partial charge on any atom is 0.278 e. The predicted molar refractivity (Wildman–Crippen MR) is 127 cm³/mol. The van der Waals surface area contributed by atoms with Crippen LogP contribution in [0.1, 0.15) is 16.7 Å². The van der Waals surface area contributed by atoms with E-state index in [1.807, 2.05) is 13.0 Å². The van der Waals surface area contributed by atoms with Crippen LogP contribution in [0, 0.1) is 12.7 Å². The topological polar surface area (TPSA) is 58.6 Å². The second-order valence-electron chi connectivity index (χ2n) is 7.71. The van der Waals surface area contributed by atoms with E-state index >= 15 is 0 Å². The zero-order valence-electron chi connectivity index (χ0n) is 18.2. The van der Waals surface area contributed by atoms with Crippen molar-refractivity contribution in [1.82, 2.24) is 4.90 Å². The first kappa shape index (κ1) is 22.6. The van der Waals surface area contributed by atoms with Crippen molar-refractivity contribution in [3.8, 4) is 5.75 Å². The van der Waals surface area contributed by atoms with Gasteiger partial charge in [0.15, 0.2) is 0 Å². The van der Waals surface area contributed by atoms with Crippen LogP contribution in [0.5, 0.6) is 5.75 Å². The lowest BCUT2D eigenvalue weighted by Crippen LogP contribution is -2.34. The van der Waals surface area contributed by atoms with Gasteiger partial charge in [0.25, 0.3) is 11.8 Å². The summed E-state index contributed by atoms with van der Waals surface area (Å²) in [6.45, 7) is 2.05. The van der Waals surface area contributed by atoms with Crippen molar-refractivity contribution >= 4 is 34.7 Å². The quantitative estimate of drug-likeness (QED) is 0.486. The molecule has 33 heavy (non-hydrogen) atoms. The largest absolute Gasteiger partial charge is 0.497 e. The second-order valence-corrected chi connectivity index (χ2v) is 8.11. The minimum Gasteiger partial charge on any atom is -0.497 e. The Morgan fingerprint density at radius 2 is 1.67 bits per heavy atom. The monoisotopic (exact) mass is 464 g/mol. The van der Waals surface area contributed by atoms with Crippen LogP contribution in [-0.2, 0) is 16.0 Å². The first-order valence-corrected chi connectivity index (χ1v) is 10.8. The molecule has 0 bridgehead atoms.